The molecule has 2 aromatic carbocycles. The van der Waals surface area contributed by atoms with E-state index in [2.05, 4.69) is 35.1 Å². The molecule has 126 valence electrons. The van der Waals surface area contributed by atoms with E-state index < -0.39 is 0 Å². The highest BCUT2D eigenvalue weighted by Crippen LogP contribution is 2.29. The maximum atomic E-state index is 12.3. The Bertz CT molecular complexity index is 917. The summed E-state index contributed by atoms with van der Waals surface area (Å²) in [5, 5.41) is 8.16. The summed E-state index contributed by atoms with van der Waals surface area (Å²) in [4.78, 5) is 13.5. The minimum atomic E-state index is -0.206. The Balaban J connectivity index is 1.68. The highest BCUT2D eigenvalue weighted by Gasteiger charge is 2.10. The zero-order chi connectivity index (χ0) is 17.8. The number of hydrogen-bond acceptors (Lipinski definition) is 3. The van der Waals surface area contributed by atoms with Crippen molar-refractivity contribution in [2.45, 2.75) is 13.8 Å². The second-order valence-corrected chi connectivity index (χ2v) is 7.09. The van der Waals surface area contributed by atoms with Gasteiger partial charge in [-0.3, -0.25) is 10.1 Å². The van der Waals surface area contributed by atoms with Gasteiger partial charge >= 0.3 is 0 Å². The van der Waals surface area contributed by atoms with Crippen LogP contribution in [-0.2, 0) is 0 Å². The van der Waals surface area contributed by atoms with Gasteiger partial charge in [-0.05, 0) is 72.4 Å². The van der Waals surface area contributed by atoms with Gasteiger partial charge in [-0.25, -0.2) is 0 Å². The molecule has 0 aliphatic carbocycles. The van der Waals surface area contributed by atoms with Gasteiger partial charge in [-0.1, -0.05) is 30.3 Å². The zero-order valence-corrected chi connectivity index (χ0v) is 15.6. The second-order valence-electron chi connectivity index (χ2n) is 5.73. The lowest BCUT2D eigenvalue weighted by Gasteiger charge is -2.12. The topological polar surface area (TPSA) is 41.1 Å². The fraction of sp³-hybridized carbons (Fsp3) is 0.100. The lowest BCUT2D eigenvalue weighted by atomic mass is 10.1. The smallest absolute Gasteiger partial charge is 0.257 e. The van der Waals surface area contributed by atoms with Crippen LogP contribution >= 0.6 is 23.6 Å². The monoisotopic (exact) mass is 366 g/mol. The Morgan fingerprint density at radius 2 is 1.80 bits per heavy atom. The van der Waals surface area contributed by atoms with Crippen molar-refractivity contribution >= 4 is 40.3 Å². The maximum Gasteiger partial charge on any atom is 0.257 e. The highest BCUT2D eigenvalue weighted by molar-refractivity contribution is 7.80. The van der Waals surface area contributed by atoms with Crippen LogP contribution in [0.3, 0.4) is 0 Å². The van der Waals surface area contributed by atoms with Crippen molar-refractivity contribution < 1.29 is 4.79 Å². The molecule has 5 heteroatoms. The first-order valence-corrected chi connectivity index (χ1v) is 9.16. The molecule has 25 heavy (non-hydrogen) atoms. The SMILES string of the molecule is Cc1ccccc1C(=O)NC(=S)Nc1ccc(-c2cccs2)c(C)c1. The normalized spacial score (nSPS) is 10.3. The van der Waals surface area contributed by atoms with Gasteiger partial charge in [0.1, 0.15) is 0 Å². The molecule has 0 aliphatic rings. The number of thiophene rings is 1. The van der Waals surface area contributed by atoms with Crippen LogP contribution in [0, 0.1) is 13.8 Å². The molecule has 0 bridgehead atoms. The van der Waals surface area contributed by atoms with E-state index in [-0.39, 0.29) is 11.0 Å². The van der Waals surface area contributed by atoms with Crippen molar-refractivity contribution in [1.29, 1.82) is 0 Å². The van der Waals surface area contributed by atoms with Crippen LogP contribution in [-0.4, -0.2) is 11.0 Å². The molecule has 0 saturated carbocycles. The summed E-state index contributed by atoms with van der Waals surface area (Å²) in [6.07, 6.45) is 0. The molecule has 0 radical (unpaired) electrons. The first kappa shape index (κ1) is 17.3. The predicted molar refractivity (Wildman–Crippen MR) is 109 cm³/mol. The summed E-state index contributed by atoms with van der Waals surface area (Å²) in [5.41, 5.74) is 4.75. The number of rotatable bonds is 3. The van der Waals surface area contributed by atoms with E-state index in [0.717, 1.165) is 16.8 Å². The van der Waals surface area contributed by atoms with Crippen molar-refractivity contribution in [2.75, 3.05) is 5.32 Å². The molecule has 3 rings (SSSR count). The third kappa shape index (κ3) is 4.13. The van der Waals surface area contributed by atoms with Crippen LogP contribution in [0.5, 0.6) is 0 Å². The van der Waals surface area contributed by atoms with Crippen LogP contribution in [0.15, 0.2) is 60.0 Å². The highest BCUT2D eigenvalue weighted by atomic mass is 32.1. The number of anilines is 1. The first-order valence-electron chi connectivity index (χ1n) is 7.87. The Labute approximate surface area is 156 Å². The lowest BCUT2D eigenvalue weighted by molar-refractivity contribution is 0.0977. The van der Waals surface area contributed by atoms with Crippen LogP contribution in [0.25, 0.3) is 10.4 Å². The molecule has 0 spiro atoms. The van der Waals surface area contributed by atoms with Gasteiger partial charge < -0.3 is 5.32 Å². The molecule has 0 saturated heterocycles. The summed E-state index contributed by atoms with van der Waals surface area (Å²) in [5.74, 6) is -0.206. The van der Waals surface area contributed by atoms with Gasteiger partial charge in [0.2, 0.25) is 0 Å². The first-order chi connectivity index (χ1) is 12.0. The number of amides is 1. The summed E-state index contributed by atoms with van der Waals surface area (Å²) in [6, 6.07) is 17.6. The van der Waals surface area contributed by atoms with E-state index >= 15 is 0 Å². The van der Waals surface area contributed by atoms with Crippen molar-refractivity contribution in [1.82, 2.24) is 5.32 Å². The molecule has 1 aromatic heterocycles. The quantitative estimate of drug-likeness (QED) is 0.629. The molecule has 0 aliphatic heterocycles. The van der Waals surface area contributed by atoms with Gasteiger partial charge in [0, 0.05) is 16.1 Å². The average molecular weight is 367 g/mol. The average Bonchev–Trinajstić information content (AvgIpc) is 3.09. The Morgan fingerprint density at radius 3 is 2.48 bits per heavy atom. The third-order valence-electron chi connectivity index (χ3n) is 3.89. The second kappa shape index (κ2) is 7.59. The molecule has 3 aromatic rings. The number of carbonyl (C=O) groups is 1. The summed E-state index contributed by atoms with van der Waals surface area (Å²) in [6.45, 7) is 3.97. The molecule has 0 unspecified atom stereocenters. The van der Waals surface area contributed by atoms with Crippen molar-refractivity contribution in [3.05, 3.63) is 76.7 Å². The van der Waals surface area contributed by atoms with E-state index in [9.17, 15) is 4.79 Å². The van der Waals surface area contributed by atoms with Gasteiger partial charge in [0.25, 0.3) is 5.91 Å². The number of aryl methyl sites for hydroxylation is 2. The van der Waals surface area contributed by atoms with E-state index in [0.29, 0.717) is 5.56 Å². The van der Waals surface area contributed by atoms with Gasteiger partial charge in [0.15, 0.2) is 5.11 Å². The van der Waals surface area contributed by atoms with Crippen LogP contribution < -0.4 is 10.6 Å². The fourth-order valence-corrected chi connectivity index (χ4v) is 3.64. The molecule has 1 amide bonds. The number of thiocarbonyl (C=S) groups is 1. The number of carbonyl (C=O) groups excluding carboxylic acids is 1. The number of hydrogen-bond donors (Lipinski definition) is 2. The fourth-order valence-electron chi connectivity index (χ4n) is 2.61. The predicted octanol–water partition coefficient (Wildman–Crippen LogP) is 5.16. The minimum absolute atomic E-state index is 0.206. The molecular formula is C20H18N2OS2. The van der Waals surface area contributed by atoms with E-state index in [1.54, 1.807) is 17.4 Å². The van der Waals surface area contributed by atoms with Crippen molar-refractivity contribution in [2.24, 2.45) is 0 Å². The van der Waals surface area contributed by atoms with E-state index in [1.807, 2.05) is 43.3 Å². The molecule has 3 nitrogen and oxygen atoms in total. The Hall–Kier alpha value is -2.50. The standard InChI is InChI=1S/C20H18N2OS2/c1-13-6-3-4-7-17(13)19(23)22-20(24)21-15-9-10-16(14(2)12-15)18-8-5-11-25-18/h3-12H,1-2H3,(H2,21,22,23,24). The molecule has 2 N–H and O–H groups in total. The van der Waals surface area contributed by atoms with Crippen LogP contribution in [0.1, 0.15) is 21.5 Å². The number of benzene rings is 2. The van der Waals surface area contributed by atoms with Gasteiger partial charge in [-0.2, -0.15) is 0 Å². The third-order valence-corrected chi connectivity index (χ3v) is 4.99. The Kier molecular flexibility index (Phi) is 5.26. The largest absolute Gasteiger partial charge is 0.332 e. The molecular weight excluding hydrogens is 348 g/mol. The Morgan fingerprint density at radius 1 is 1.00 bits per heavy atom. The van der Waals surface area contributed by atoms with Gasteiger partial charge in [-0.15, -0.1) is 11.3 Å². The van der Waals surface area contributed by atoms with Crippen molar-refractivity contribution in [3.63, 3.8) is 0 Å². The summed E-state index contributed by atoms with van der Waals surface area (Å²) < 4.78 is 0. The van der Waals surface area contributed by atoms with Crippen LogP contribution in [0.2, 0.25) is 0 Å². The molecule has 0 fully saturated rings. The number of nitrogens with one attached hydrogen (secondary N) is 2. The maximum absolute atomic E-state index is 12.3. The van der Waals surface area contributed by atoms with E-state index in [1.165, 1.54) is 10.4 Å². The van der Waals surface area contributed by atoms with Crippen molar-refractivity contribution in [3.8, 4) is 10.4 Å². The minimum Gasteiger partial charge on any atom is -0.332 e. The lowest BCUT2D eigenvalue weighted by Crippen LogP contribution is -2.34. The zero-order valence-electron chi connectivity index (χ0n) is 14.0. The summed E-state index contributed by atoms with van der Waals surface area (Å²) in [7, 11) is 0. The van der Waals surface area contributed by atoms with E-state index in [4.69, 9.17) is 12.2 Å². The molecule has 1 heterocycles. The summed E-state index contributed by atoms with van der Waals surface area (Å²) >= 11 is 6.98. The van der Waals surface area contributed by atoms with Crippen LogP contribution in [0.4, 0.5) is 5.69 Å². The van der Waals surface area contributed by atoms with Gasteiger partial charge in [0.05, 0.1) is 0 Å². The molecule has 0 atom stereocenters.